The first-order valence-corrected chi connectivity index (χ1v) is 12.9. The molecule has 0 fully saturated rings. The number of nitrogens with one attached hydrogen (secondary N) is 1. The van der Waals surface area contributed by atoms with Gasteiger partial charge in [-0.1, -0.05) is 41.6 Å². The van der Waals surface area contributed by atoms with E-state index in [1.165, 1.54) is 0 Å². The zero-order valence-electron chi connectivity index (χ0n) is 23.3. The number of fused-ring (bicyclic) bond motifs is 1. The molecule has 0 unspecified atom stereocenters. The van der Waals surface area contributed by atoms with Gasteiger partial charge in [-0.15, -0.1) is 5.10 Å². The van der Waals surface area contributed by atoms with Crippen LogP contribution < -0.4 is 14.8 Å². The van der Waals surface area contributed by atoms with Crippen LogP contribution in [0, 0.1) is 0 Å². The molecule has 3 aromatic heterocycles. The average Bonchev–Trinajstić information content (AvgIpc) is 3.58. The number of anilines is 1. The van der Waals surface area contributed by atoms with Crippen molar-refractivity contribution in [3.63, 3.8) is 0 Å². The molecule has 9 nitrogen and oxygen atoms in total. The highest BCUT2D eigenvalue weighted by atomic mass is 19.4. The van der Waals surface area contributed by atoms with Gasteiger partial charge in [0.05, 0.1) is 32.6 Å². The molecule has 0 bridgehead atoms. The highest BCUT2D eigenvalue weighted by Crippen LogP contribution is 2.41. The summed E-state index contributed by atoms with van der Waals surface area (Å²) in [5.41, 5.74) is 1.87. The van der Waals surface area contributed by atoms with E-state index in [0.717, 1.165) is 47.7 Å². The Bertz CT molecular complexity index is 1710. The Balaban J connectivity index is 1.28. The van der Waals surface area contributed by atoms with Crippen molar-refractivity contribution >= 4 is 22.8 Å². The molecule has 3 heterocycles. The molecule has 0 aliphatic rings. The van der Waals surface area contributed by atoms with Gasteiger partial charge in [0.15, 0.2) is 17.2 Å². The van der Waals surface area contributed by atoms with Crippen LogP contribution in [0.25, 0.3) is 22.2 Å². The highest BCUT2D eigenvalue weighted by molar-refractivity contribution is 5.91. The molecule has 42 heavy (non-hydrogen) atoms. The molecule has 0 aliphatic carbocycles. The van der Waals surface area contributed by atoms with Gasteiger partial charge < -0.3 is 19.3 Å². The van der Waals surface area contributed by atoms with Crippen LogP contribution in [0.5, 0.6) is 11.6 Å². The molecule has 0 aliphatic heterocycles. The van der Waals surface area contributed by atoms with Crippen LogP contribution in [0.15, 0.2) is 71.4 Å². The molecule has 2 aromatic carbocycles. The minimum Gasteiger partial charge on any atom is -0.497 e. The van der Waals surface area contributed by atoms with Gasteiger partial charge in [-0.2, -0.15) is 13.2 Å². The fraction of sp³-hybridized carbons (Fsp3) is 0.267. The largest absolute Gasteiger partial charge is 0.497 e. The first-order valence-electron chi connectivity index (χ1n) is 12.9. The van der Waals surface area contributed by atoms with Crippen molar-refractivity contribution in [3.05, 3.63) is 83.7 Å². The number of ether oxygens (including phenoxy) is 2. The zero-order chi connectivity index (χ0) is 30.1. The summed E-state index contributed by atoms with van der Waals surface area (Å²) in [6.45, 7) is 2.47. The average molecular weight is 580 g/mol. The number of halogens is 3. The Morgan fingerprint density at radius 1 is 0.952 bits per heavy atom. The Hall–Kier alpha value is -4.87. The van der Waals surface area contributed by atoms with Crippen LogP contribution >= 0.6 is 0 Å². The van der Waals surface area contributed by atoms with Crippen molar-refractivity contribution in [2.45, 2.75) is 38.4 Å². The van der Waals surface area contributed by atoms with E-state index in [1.807, 2.05) is 42.5 Å². The maximum absolute atomic E-state index is 13.3. The van der Waals surface area contributed by atoms with Crippen molar-refractivity contribution < 1.29 is 32.0 Å². The molecule has 0 saturated heterocycles. The predicted molar refractivity (Wildman–Crippen MR) is 150 cm³/mol. The maximum atomic E-state index is 13.3. The number of benzene rings is 2. The first kappa shape index (κ1) is 28.7. The Morgan fingerprint density at radius 2 is 1.64 bits per heavy atom. The third-order valence-electron chi connectivity index (χ3n) is 6.99. The first-order chi connectivity index (χ1) is 20.0. The minimum absolute atomic E-state index is 0.00558. The second-order valence-electron chi connectivity index (χ2n) is 10.2. The summed E-state index contributed by atoms with van der Waals surface area (Å²) in [7, 11) is 3.18. The summed E-state index contributed by atoms with van der Waals surface area (Å²) < 4.78 is 57.1. The molecule has 1 amide bonds. The smallest absolute Gasteiger partial charge is 0.401 e. The standard InChI is InChI=1S/C30H28F3N5O4/c1-29(2,30(31,32)33)24-15-25(37-42-24)35-26(39)13-18-5-9-20(10-6-18)21-14-23-27(34-16-21)38(36-28(23)41-4)17-19-7-11-22(40-3)12-8-19/h5-12,14-16H,13,17H2,1-4H3,(H,35,37,39). The molecule has 0 atom stereocenters. The molecule has 12 heteroatoms. The topological polar surface area (TPSA) is 104 Å². The summed E-state index contributed by atoms with van der Waals surface area (Å²) in [4.78, 5) is 17.2. The fourth-order valence-electron chi connectivity index (χ4n) is 4.31. The zero-order valence-corrected chi connectivity index (χ0v) is 23.3. The Labute approximate surface area is 239 Å². The van der Waals surface area contributed by atoms with Gasteiger partial charge in [0.2, 0.25) is 11.8 Å². The number of hydrogen-bond acceptors (Lipinski definition) is 7. The van der Waals surface area contributed by atoms with E-state index in [4.69, 9.17) is 14.0 Å². The number of methoxy groups -OCH3 is 2. The van der Waals surface area contributed by atoms with Gasteiger partial charge in [-0.3, -0.25) is 4.79 Å². The van der Waals surface area contributed by atoms with Crippen molar-refractivity contribution in [1.82, 2.24) is 19.9 Å². The van der Waals surface area contributed by atoms with E-state index in [1.54, 1.807) is 37.2 Å². The number of alkyl halides is 3. The lowest BCUT2D eigenvalue weighted by atomic mass is 9.89. The lowest BCUT2D eigenvalue weighted by molar-refractivity contribution is -0.185. The number of aromatic nitrogens is 4. The summed E-state index contributed by atoms with van der Waals surface area (Å²) in [6.07, 6.45) is -2.78. The highest BCUT2D eigenvalue weighted by Gasteiger charge is 2.51. The molecular formula is C30H28F3N5O4. The van der Waals surface area contributed by atoms with E-state index in [0.29, 0.717) is 23.6 Å². The van der Waals surface area contributed by atoms with E-state index >= 15 is 0 Å². The van der Waals surface area contributed by atoms with Gasteiger partial charge in [0.1, 0.15) is 11.2 Å². The Kier molecular flexibility index (Phi) is 7.63. The van der Waals surface area contributed by atoms with Gasteiger partial charge in [-0.25, -0.2) is 9.67 Å². The van der Waals surface area contributed by atoms with Crippen molar-refractivity contribution in [3.8, 4) is 22.8 Å². The number of amides is 1. The monoisotopic (exact) mass is 579 g/mol. The second kappa shape index (κ2) is 11.2. The quantitative estimate of drug-likeness (QED) is 0.223. The number of carbonyl (C=O) groups is 1. The molecule has 0 spiro atoms. The van der Waals surface area contributed by atoms with E-state index < -0.39 is 17.5 Å². The summed E-state index contributed by atoms with van der Waals surface area (Å²) >= 11 is 0. The molecule has 1 N–H and O–H groups in total. The van der Waals surface area contributed by atoms with E-state index in [-0.39, 0.29) is 18.0 Å². The van der Waals surface area contributed by atoms with E-state index in [2.05, 4.69) is 20.6 Å². The maximum Gasteiger partial charge on any atom is 0.401 e. The normalized spacial score (nSPS) is 12.0. The van der Waals surface area contributed by atoms with Crippen molar-refractivity contribution in [2.75, 3.05) is 19.5 Å². The van der Waals surface area contributed by atoms with Gasteiger partial charge in [0.25, 0.3) is 0 Å². The minimum atomic E-state index is -4.53. The molecule has 218 valence electrons. The third kappa shape index (κ3) is 5.78. The SMILES string of the molecule is COc1ccc(Cn2nc(OC)c3cc(-c4ccc(CC(=O)Nc5cc(C(C)(C)C(F)(F)F)on5)cc4)cnc32)cc1. The molecular weight excluding hydrogens is 551 g/mol. The van der Waals surface area contributed by atoms with Crippen LogP contribution in [0.2, 0.25) is 0 Å². The number of carbonyl (C=O) groups excluding carboxylic acids is 1. The number of rotatable bonds is 9. The third-order valence-corrected chi connectivity index (χ3v) is 6.99. The van der Waals surface area contributed by atoms with Crippen LogP contribution in [0.1, 0.15) is 30.7 Å². The van der Waals surface area contributed by atoms with Crippen molar-refractivity contribution in [2.24, 2.45) is 0 Å². The molecule has 0 radical (unpaired) electrons. The number of hydrogen-bond donors (Lipinski definition) is 1. The number of pyridine rings is 1. The van der Waals surface area contributed by atoms with Gasteiger partial charge in [0, 0.05) is 17.8 Å². The molecule has 5 aromatic rings. The fourth-order valence-corrected chi connectivity index (χ4v) is 4.31. The summed E-state index contributed by atoms with van der Waals surface area (Å²) in [5.74, 6) is 0.321. The lowest BCUT2D eigenvalue weighted by Crippen LogP contribution is -2.35. The Morgan fingerprint density at radius 3 is 2.29 bits per heavy atom. The van der Waals surface area contributed by atoms with Gasteiger partial charge >= 0.3 is 6.18 Å². The van der Waals surface area contributed by atoms with Crippen LogP contribution in [0.4, 0.5) is 19.0 Å². The van der Waals surface area contributed by atoms with Crippen LogP contribution in [-0.4, -0.2) is 46.2 Å². The summed E-state index contributed by atoms with van der Waals surface area (Å²) in [6, 6.07) is 18.1. The van der Waals surface area contributed by atoms with Crippen LogP contribution in [-0.2, 0) is 23.2 Å². The number of nitrogens with zero attached hydrogens (tertiary/aromatic N) is 4. The van der Waals surface area contributed by atoms with Crippen molar-refractivity contribution in [1.29, 1.82) is 0 Å². The van der Waals surface area contributed by atoms with Gasteiger partial charge in [-0.05, 0) is 48.7 Å². The molecule has 0 saturated carbocycles. The van der Waals surface area contributed by atoms with E-state index in [9.17, 15) is 18.0 Å². The predicted octanol–water partition coefficient (Wildman–Crippen LogP) is 6.17. The molecule has 5 rings (SSSR count). The lowest BCUT2D eigenvalue weighted by Gasteiger charge is -2.24. The summed E-state index contributed by atoms with van der Waals surface area (Å²) in [5, 5.41) is 11.4. The second-order valence-corrected chi connectivity index (χ2v) is 10.2. The van der Waals surface area contributed by atoms with Crippen LogP contribution in [0.3, 0.4) is 0 Å².